The summed E-state index contributed by atoms with van der Waals surface area (Å²) in [5, 5.41) is 0. The van der Waals surface area contributed by atoms with Crippen LogP contribution in [0.1, 0.15) is 11.1 Å². The molecule has 0 unspecified atom stereocenters. The molecule has 2 aromatic carbocycles. The Morgan fingerprint density at radius 2 is 1.86 bits per heavy atom. The Hall–Kier alpha value is -1.99. The van der Waals surface area contributed by atoms with Crippen LogP contribution in [0.15, 0.2) is 41.3 Å². The number of halogens is 2. The van der Waals surface area contributed by atoms with Crippen molar-refractivity contribution >= 4 is 15.7 Å². The van der Waals surface area contributed by atoms with Crippen molar-refractivity contribution in [1.29, 1.82) is 0 Å². The number of anilines is 1. The van der Waals surface area contributed by atoms with Crippen LogP contribution in [-0.4, -0.2) is 8.42 Å². The molecule has 0 aliphatic carbocycles. The van der Waals surface area contributed by atoms with Crippen LogP contribution in [0.4, 0.5) is 14.5 Å². The van der Waals surface area contributed by atoms with Crippen LogP contribution in [0, 0.1) is 18.6 Å². The lowest BCUT2D eigenvalue weighted by molar-refractivity contribution is 0.583. The number of aryl methyl sites for hydroxylation is 1. The number of hydrogen-bond acceptors (Lipinski definition) is 3. The molecule has 112 valence electrons. The zero-order valence-corrected chi connectivity index (χ0v) is 12.0. The van der Waals surface area contributed by atoms with E-state index in [-0.39, 0.29) is 10.6 Å². The highest BCUT2D eigenvalue weighted by Gasteiger charge is 2.17. The Morgan fingerprint density at radius 3 is 2.43 bits per heavy atom. The lowest BCUT2D eigenvalue weighted by Gasteiger charge is -2.11. The van der Waals surface area contributed by atoms with E-state index in [0.717, 1.165) is 23.3 Å². The molecule has 4 nitrogen and oxygen atoms in total. The number of nitrogens with one attached hydrogen (secondary N) is 1. The maximum Gasteiger partial charge on any atom is 0.261 e. The van der Waals surface area contributed by atoms with Gasteiger partial charge in [-0.1, -0.05) is 6.07 Å². The van der Waals surface area contributed by atoms with E-state index in [0.29, 0.717) is 12.6 Å². The van der Waals surface area contributed by atoms with Gasteiger partial charge in [0.25, 0.3) is 10.0 Å². The van der Waals surface area contributed by atoms with E-state index in [1.807, 2.05) is 0 Å². The standard InChI is InChI=1S/C14H14F2N2O2S/c1-9-6-12(4-2-10(9)8-17)21(19,20)18-14-5-3-11(15)7-13(14)16/h2-7,18H,8,17H2,1H3. The van der Waals surface area contributed by atoms with E-state index in [2.05, 4.69) is 4.72 Å². The molecule has 0 aromatic heterocycles. The van der Waals surface area contributed by atoms with Crippen molar-refractivity contribution in [2.75, 3.05) is 4.72 Å². The fourth-order valence-electron chi connectivity index (χ4n) is 1.84. The summed E-state index contributed by atoms with van der Waals surface area (Å²) in [6.45, 7) is 2.03. The van der Waals surface area contributed by atoms with Crippen molar-refractivity contribution in [3.05, 3.63) is 59.2 Å². The van der Waals surface area contributed by atoms with Crippen molar-refractivity contribution in [3.63, 3.8) is 0 Å². The summed E-state index contributed by atoms with van der Waals surface area (Å²) >= 11 is 0. The predicted molar refractivity (Wildman–Crippen MR) is 76.2 cm³/mol. The fraction of sp³-hybridized carbons (Fsp3) is 0.143. The first-order valence-electron chi connectivity index (χ1n) is 6.11. The Bertz CT molecular complexity index is 777. The average Bonchev–Trinajstić information content (AvgIpc) is 2.42. The third-order valence-corrected chi connectivity index (χ3v) is 4.38. The molecule has 0 saturated heterocycles. The Balaban J connectivity index is 2.36. The molecule has 0 aliphatic rings. The van der Waals surface area contributed by atoms with Crippen LogP contribution in [0.25, 0.3) is 0 Å². The van der Waals surface area contributed by atoms with Gasteiger partial charge in [0.15, 0.2) is 0 Å². The highest BCUT2D eigenvalue weighted by Crippen LogP contribution is 2.21. The van der Waals surface area contributed by atoms with E-state index in [4.69, 9.17) is 5.73 Å². The summed E-state index contributed by atoms with van der Waals surface area (Å²) in [4.78, 5) is -0.0130. The SMILES string of the molecule is Cc1cc(S(=O)(=O)Nc2ccc(F)cc2F)ccc1CN. The third-order valence-electron chi connectivity index (χ3n) is 3.02. The molecule has 2 rings (SSSR count). The Labute approximate surface area is 121 Å². The molecular weight excluding hydrogens is 298 g/mol. The fourth-order valence-corrected chi connectivity index (χ4v) is 2.99. The third kappa shape index (κ3) is 3.37. The van der Waals surface area contributed by atoms with Crippen LogP contribution in [0.5, 0.6) is 0 Å². The normalized spacial score (nSPS) is 11.4. The molecule has 0 atom stereocenters. The lowest BCUT2D eigenvalue weighted by atomic mass is 10.1. The van der Waals surface area contributed by atoms with Crippen molar-refractivity contribution < 1.29 is 17.2 Å². The first-order valence-corrected chi connectivity index (χ1v) is 7.59. The first kappa shape index (κ1) is 15.4. The van der Waals surface area contributed by atoms with Crippen LogP contribution in [0.2, 0.25) is 0 Å². The highest BCUT2D eigenvalue weighted by molar-refractivity contribution is 7.92. The monoisotopic (exact) mass is 312 g/mol. The molecule has 0 fully saturated rings. The smallest absolute Gasteiger partial charge is 0.261 e. The van der Waals surface area contributed by atoms with Gasteiger partial charge in [0, 0.05) is 12.6 Å². The zero-order chi connectivity index (χ0) is 15.6. The van der Waals surface area contributed by atoms with E-state index >= 15 is 0 Å². The van der Waals surface area contributed by atoms with Gasteiger partial charge in [-0.25, -0.2) is 17.2 Å². The molecule has 0 bridgehead atoms. The molecule has 3 N–H and O–H groups in total. The Morgan fingerprint density at radius 1 is 1.14 bits per heavy atom. The summed E-state index contributed by atoms with van der Waals surface area (Å²) < 4.78 is 52.8. The molecular formula is C14H14F2N2O2S. The molecule has 0 saturated carbocycles. The van der Waals surface area contributed by atoms with Crippen molar-refractivity contribution in [1.82, 2.24) is 0 Å². The van der Waals surface area contributed by atoms with E-state index in [1.165, 1.54) is 12.1 Å². The first-order chi connectivity index (χ1) is 9.83. The summed E-state index contributed by atoms with van der Waals surface area (Å²) in [6, 6.07) is 7.06. The van der Waals surface area contributed by atoms with Crippen LogP contribution in [0.3, 0.4) is 0 Å². The average molecular weight is 312 g/mol. The van der Waals surface area contributed by atoms with Crippen LogP contribution < -0.4 is 10.5 Å². The molecule has 0 spiro atoms. The second kappa shape index (κ2) is 5.79. The molecule has 0 aliphatic heterocycles. The van der Waals surface area contributed by atoms with Gasteiger partial charge in [-0.2, -0.15) is 0 Å². The zero-order valence-electron chi connectivity index (χ0n) is 11.2. The quantitative estimate of drug-likeness (QED) is 0.911. The molecule has 2 aromatic rings. The topological polar surface area (TPSA) is 72.2 Å². The van der Waals surface area contributed by atoms with Crippen LogP contribution >= 0.6 is 0 Å². The molecule has 0 amide bonds. The summed E-state index contributed by atoms with van der Waals surface area (Å²) in [6.07, 6.45) is 0. The second-order valence-electron chi connectivity index (χ2n) is 4.52. The van der Waals surface area contributed by atoms with Gasteiger partial charge in [0.2, 0.25) is 0 Å². The van der Waals surface area contributed by atoms with Crippen molar-refractivity contribution in [2.24, 2.45) is 5.73 Å². The lowest BCUT2D eigenvalue weighted by Crippen LogP contribution is -2.14. The molecule has 7 heteroatoms. The van der Waals surface area contributed by atoms with Gasteiger partial charge >= 0.3 is 0 Å². The number of hydrogen-bond donors (Lipinski definition) is 2. The summed E-state index contributed by atoms with van der Waals surface area (Å²) in [7, 11) is -3.95. The van der Waals surface area contributed by atoms with Crippen LogP contribution in [-0.2, 0) is 16.6 Å². The second-order valence-corrected chi connectivity index (χ2v) is 6.20. The van der Waals surface area contributed by atoms with Gasteiger partial charge in [0.05, 0.1) is 10.6 Å². The summed E-state index contributed by atoms with van der Waals surface area (Å²) in [5.74, 6) is -1.76. The largest absolute Gasteiger partial charge is 0.326 e. The Kier molecular flexibility index (Phi) is 4.24. The number of benzene rings is 2. The summed E-state index contributed by atoms with van der Waals surface area (Å²) in [5.41, 5.74) is 6.75. The minimum Gasteiger partial charge on any atom is -0.326 e. The highest BCUT2D eigenvalue weighted by atomic mass is 32.2. The van der Waals surface area contributed by atoms with Gasteiger partial charge in [-0.3, -0.25) is 4.72 Å². The minimum atomic E-state index is -3.95. The maximum absolute atomic E-state index is 13.5. The minimum absolute atomic E-state index is 0.0130. The maximum atomic E-state index is 13.5. The molecule has 0 heterocycles. The van der Waals surface area contributed by atoms with Gasteiger partial charge in [0.1, 0.15) is 11.6 Å². The number of nitrogens with two attached hydrogens (primary N) is 1. The number of rotatable bonds is 4. The van der Waals surface area contributed by atoms with Crippen molar-refractivity contribution in [2.45, 2.75) is 18.4 Å². The van der Waals surface area contributed by atoms with Gasteiger partial charge in [-0.05, 0) is 42.3 Å². The predicted octanol–water partition coefficient (Wildman–Crippen LogP) is 2.53. The van der Waals surface area contributed by atoms with E-state index in [1.54, 1.807) is 13.0 Å². The molecule has 0 radical (unpaired) electrons. The van der Waals surface area contributed by atoms with E-state index < -0.39 is 21.7 Å². The van der Waals surface area contributed by atoms with Gasteiger partial charge in [-0.15, -0.1) is 0 Å². The number of sulfonamides is 1. The van der Waals surface area contributed by atoms with Gasteiger partial charge < -0.3 is 5.73 Å². The van der Waals surface area contributed by atoms with E-state index in [9.17, 15) is 17.2 Å². The molecule has 21 heavy (non-hydrogen) atoms. The van der Waals surface area contributed by atoms with Crippen molar-refractivity contribution in [3.8, 4) is 0 Å².